The minimum absolute atomic E-state index is 0.0670. The molecule has 3 rings (SSSR count). The van der Waals surface area contributed by atoms with Crippen molar-refractivity contribution in [2.24, 2.45) is 0 Å². The Hall–Kier alpha value is -1.88. The summed E-state index contributed by atoms with van der Waals surface area (Å²) >= 11 is 0. The Kier molecular flexibility index (Phi) is 3.68. The third-order valence-corrected chi connectivity index (χ3v) is 5.15. The van der Waals surface area contributed by atoms with Crippen LogP contribution in [-0.2, 0) is 22.9 Å². The Morgan fingerprint density at radius 3 is 2.43 bits per heavy atom. The fourth-order valence-electron chi connectivity index (χ4n) is 2.69. The van der Waals surface area contributed by atoms with Gasteiger partial charge in [0.05, 0.1) is 10.6 Å². The topological polar surface area (TPSA) is 46.2 Å². The molecule has 0 saturated carbocycles. The standard InChI is InChI=1S/C16H16FNO2S/c17-13-8-10-14(11-9-13)21(19,20)18-16-7-3-5-12-4-1-2-6-15(12)16/h3,5,7-11,18H,1-2,4,6H2. The second kappa shape index (κ2) is 5.48. The maximum atomic E-state index is 12.9. The van der Waals surface area contributed by atoms with E-state index in [2.05, 4.69) is 4.72 Å². The van der Waals surface area contributed by atoms with E-state index in [0.717, 1.165) is 43.4 Å². The second-order valence-corrected chi connectivity index (χ2v) is 6.89. The highest BCUT2D eigenvalue weighted by Gasteiger charge is 2.18. The lowest BCUT2D eigenvalue weighted by atomic mass is 9.91. The number of aryl methyl sites for hydroxylation is 1. The van der Waals surface area contributed by atoms with Crippen molar-refractivity contribution in [1.29, 1.82) is 0 Å². The van der Waals surface area contributed by atoms with Gasteiger partial charge in [0.2, 0.25) is 0 Å². The summed E-state index contributed by atoms with van der Waals surface area (Å²) in [5, 5.41) is 0. The van der Waals surface area contributed by atoms with Crippen molar-refractivity contribution in [1.82, 2.24) is 0 Å². The molecule has 0 aliphatic heterocycles. The van der Waals surface area contributed by atoms with Crippen LogP contribution in [0.25, 0.3) is 0 Å². The highest BCUT2D eigenvalue weighted by Crippen LogP contribution is 2.29. The van der Waals surface area contributed by atoms with E-state index in [4.69, 9.17) is 0 Å². The van der Waals surface area contributed by atoms with Gasteiger partial charge in [-0.05, 0) is 67.1 Å². The zero-order chi connectivity index (χ0) is 14.9. The molecule has 0 unspecified atom stereocenters. The number of nitrogens with one attached hydrogen (secondary N) is 1. The van der Waals surface area contributed by atoms with Gasteiger partial charge in [-0.25, -0.2) is 12.8 Å². The van der Waals surface area contributed by atoms with Crippen molar-refractivity contribution in [3.63, 3.8) is 0 Å². The van der Waals surface area contributed by atoms with E-state index in [0.29, 0.717) is 5.69 Å². The summed E-state index contributed by atoms with van der Waals surface area (Å²) in [4.78, 5) is 0.0670. The maximum absolute atomic E-state index is 12.9. The summed E-state index contributed by atoms with van der Waals surface area (Å²) < 4.78 is 40.3. The van der Waals surface area contributed by atoms with Crippen LogP contribution >= 0.6 is 0 Å². The SMILES string of the molecule is O=S(=O)(Nc1cccc2c1CCCC2)c1ccc(F)cc1. The fraction of sp³-hybridized carbons (Fsp3) is 0.250. The van der Waals surface area contributed by atoms with Gasteiger partial charge in [0.25, 0.3) is 10.0 Å². The average molecular weight is 305 g/mol. The molecule has 0 aromatic heterocycles. The Morgan fingerprint density at radius 1 is 0.952 bits per heavy atom. The lowest BCUT2D eigenvalue weighted by molar-refractivity contribution is 0.599. The highest BCUT2D eigenvalue weighted by molar-refractivity contribution is 7.92. The number of anilines is 1. The molecule has 3 nitrogen and oxygen atoms in total. The van der Waals surface area contributed by atoms with Gasteiger partial charge in [-0.1, -0.05) is 12.1 Å². The van der Waals surface area contributed by atoms with Gasteiger partial charge in [0.1, 0.15) is 5.82 Å². The summed E-state index contributed by atoms with van der Waals surface area (Å²) in [6.07, 6.45) is 4.09. The molecule has 0 fully saturated rings. The lowest BCUT2D eigenvalue weighted by Crippen LogP contribution is -2.16. The van der Waals surface area contributed by atoms with E-state index in [1.807, 2.05) is 12.1 Å². The number of benzene rings is 2. The number of fused-ring (bicyclic) bond motifs is 1. The van der Waals surface area contributed by atoms with Gasteiger partial charge in [0, 0.05) is 0 Å². The van der Waals surface area contributed by atoms with Crippen molar-refractivity contribution in [3.05, 3.63) is 59.4 Å². The zero-order valence-electron chi connectivity index (χ0n) is 11.5. The van der Waals surface area contributed by atoms with Crippen molar-refractivity contribution >= 4 is 15.7 Å². The Balaban J connectivity index is 1.94. The van der Waals surface area contributed by atoms with E-state index in [9.17, 15) is 12.8 Å². The third kappa shape index (κ3) is 2.93. The number of hydrogen-bond donors (Lipinski definition) is 1. The van der Waals surface area contributed by atoms with Crippen molar-refractivity contribution in [2.75, 3.05) is 4.72 Å². The van der Waals surface area contributed by atoms with Crippen LogP contribution in [0.1, 0.15) is 24.0 Å². The van der Waals surface area contributed by atoms with E-state index < -0.39 is 15.8 Å². The minimum Gasteiger partial charge on any atom is -0.279 e. The molecule has 2 aromatic rings. The molecule has 1 N–H and O–H groups in total. The van der Waals surface area contributed by atoms with Crippen molar-refractivity contribution < 1.29 is 12.8 Å². The van der Waals surface area contributed by atoms with Gasteiger partial charge in [0.15, 0.2) is 0 Å². The first-order chi connectivity index (χ1) is 10.1. The first kappa shape index (κ1) is 14.1. The van der Waals surface area contributed by atoms with E-state index in [1.54, 1.807) is 6.07 Å². The molecule has 21 heavy (non-hydrogen) atoms. The number of sulfonamides is 1. The van der Waals surface area contributed by atoms with Crippen LogP contribution in [0.15, 0.2) is 47.4 Å². The molecular weight excluding hydrogens is 289 g/mol. The van der Waals surface area contributed by atoms with Gasteiger partial charge in [-0.2, -0.15) is 0 Å². The smallest absolute Gasteiger partial charge is 0.261 e. The predicted octanol–water partition coefficient (Wildman–Crippen LogP) is 3.51. The van der Waals surface area contributed by atoms with Crippen LogP contribution in [0.3, 0.4) is 0 Å². The summed E-state index contributed by atoms with van der Waals surface area (Å²) in [6.45, 7) is 0. The zero-order valence-corrected chi connectivity index (χ0v) is 12.3. The van der Waals surface area contributed by atoms with E-state index in [1.165, 1.54) is 17.7 Å². The molecule has 0 heterocycles. The van der Waals surface area contributed by atoms with Crippen LogP contribution in [0, 0.1) is 5.82 Å². The Morgan fingerprint density at radius 2 is 1.67 bits per heavy atom. The molecule has 0 saturated heterocycles. The molecule has 0 atom stereocenters. The summed E-state index contributed by atoms with van der Waals surface area (Å²) in [6, 6.07) is 10.5. The highest BCUT2D eigenvalue weighted by atomic mass is 32.2. The number of rotatable bonds is 3. The molecule has 110 valence electrons. The van der Waals surface area contributed by atoms with E-state index in [-0.39, 0.29) is 4.90 Å². The second-order valence-electron chi connectivity index (χ2n) is 5.21. The van der Waals surface area contributed by atoms with Crippen LogP contribution in [0.4, 0.5) is 10.1 Å². The lowest BCUT2D eigenvalue weighted by Gasteiger charge is -2.20. The first-order valence-electron chi connectivity index (χ1n) is 6.95. The summed E-state index contributed by atoms with van der Waals surface area (Å²) in [7, 11) is -3.68. The first-order valence-corrected chi connectivity index (χ1v) is 8.44. The van der Waals surface area contributed by atoms with Gasteiger partial charge in [-0.15, -0.1) is 0 Å². The minimum atomic E-state index is -3.68. The number of hydrogen-bond acceptors (Lipinski definition) is 2. The van der Waals surface area contributed by atoms with Crippen molar-refractivity contribution in [3.8, 4) is 0 Å². The normalized spacial score (nSPS) is 14.5. The molecule has 2 aromatic carbocycles. The van der Waals surface area contributed by atoms with Crippen LogP contribution in [0.2, 0.25) is 0 Å². The van der Waals surface area contributed by atoms with Crippen molar-refractivity contribution in [2.45, 2.75) is 30.6 Å². The summed E-state index contributed by atoms with van der Waals surface area (Å²) in [5.41, 5.74) is 2.92. The van der Waals surface area contributed by atoms with E-state index >= 15 is 0 Å². The van der Waals surface area contributed by atoms with Crippen LogP contribution in [0.5, 0.6) is 0 Å². The largest absolute Gasteiger partial charge is 0.279 e. The molecular formula is C16H16FNO2S. The number of halogens is 1. The molecule has 0 amide bonds. The quantitative estimate of drug-likeness (QED) is 0.943. The molecule has 1 aliphatic carbocycles. The molecule has 0 bridgehead atoms. The Labute approximate surface area is 123 Å². The maximum Gasteiger partial charge on any atom is 0.261 e. The average Bonchev–Trinajstić information content (AvgIpc) is 2.48. The summed E-state index contributed by atoms with van der Waals surface area (Å²) in [5.74, 6) is -0.453. The van der Waals surface area contributed by atoms with Crippen LogP contribution < -0.4 is 4.72 Å². The van der Waals surface area contributed by atoms with Crippen LogP contribution in [-0.4, -0.2) is 8.42 Å². The monoisotopic (exact) mass is 305 g/mol. The van der Waals surface area contributed by atoms with Gasteiger partial charge in [-0.3, -0.25) is 4.72 Å². The fourth-order valence-corrected chi connectivity index (χ4v) is 3.79. The molecule has 0 radical (unpaired) electrons. The predicted molar refractivity (Wildman–Crippen MR) is 80.3 cm³/mol. The molecule has 0 spiro atoms. The molecule has 5 heteroatoms. The third-order valence-electron chi connectivity index (χ3n) is 3.76. The van der Waals surface area contributed by atoms with Gasteiger partial charge < -0.3 is 0 Å². The Bertz CT molecular complexity index is 754. The molecule has 1 aliphatic rings. The van der Waals surface area contributed by atoms with Gasteiger partial charge >= 0.3 is 0 Å².